The second-order valence-electron chi connectivity index (χ2n) is 6.63. The zero-order valence-electron chi connectivity index (χ0n) is 15.8. The predicted molar refractivity (Wildman–Crippen MR) is 112 cm³/mol. The second-order valence-corrected chi connectivity index (χ2v) is 9.16. The minimum Gasteiger partial charge on any atom is -0.339 e. The van der Waals surface area contributed by atoms with Crippen molar-refractivity contribution in [2.45, 2.75) is 29.1 Å². The lowest BCUT2D eigenvalue weighted by Gasteiger charge is -2.27. The van der Waals surface area contributed by atoms with E-state index < -0.39 is 14.9 Å². The molecular formula is C19H21N3O5S2. The van der Waals surface area contributed by atoms with Gasteiger partial charge in [0.05, 0.1) is 21.1 Å². The summed E-state index contributed by atoms with van der Waals surface area (Å²) in [6.45, 7) is 1.32. The monoisotopic (exact) mass is 435 g/mol. The quantitative estimate of drug-likeness (QED) is 0.420. The normalized spacial score (nSPS) is 14.4. The maximum atomic E-state index is 13.0. The largest absolute Gasteiger partial charge is 0.339 e. The number of nitrogens with zero attached hydrogens (tertiary/aromatic N) is 2. The highest BCUT2D eigenvalue weighted by Gasteiger charge is 2.24. The molecule has 0 saturated carbocycles. The van der Waals surface area contributed by atoms with Crippen molar-refractivity contribution in [1.82, 2.24) is 4.90 Å². The Morgan fingerprint density at radius 3 is 2.52 bits per heavy atom. The first-order chi connectivity index (χ1) is 13.8. The van der Waals surface area contributed by atoms with Crippen LogP contribution in [0.5, 0.6) is 0 Å². The fourth-order valence-electron chi connectivity index (χ4n) is 3.19. The number of thioether (sulfide) groups is 1. The second kappa shape index (κ2) is 8.83. The molecule has 0 atom stereocenters. The molecule has 8 nitrogen and oxygen atoms in total. The van der Waals surface area contributed by atoms with Gasteiger partial charge in [-0.1, -0.05) is 6.07 Å². The molecular weight excluding hydrogens is 414 g/mol. The van der Waals surface area contributed by atoms with Crippen LogP contribution in [0.1, 0.15) is 29.6 Å². The predicted octanol–water partition coefficient (Wildman–Crippen LogP) is 3.74. The van der Waals surface area contributed by atoms with Crippen LogP contribution in [0.25, 0.3) is 0 Å². The molecule has 0 spiro atoms. The number of carbonyl (C=O) groups is 1. The lowest BCUT2D eigenvalue weighted by molar-refractivity contribution is -0.384. The van der Waals surface area contributed by atoms with Crippen LogP contribution < -0.4 is 4.72 Å². The molecule has 1 heterocycles. The van der Waals surface area contributed by atoms with Crippen LogP contribution in [0.3, 0.4) is 0 Å². The molecule has 0 radical (unpaired) electrons. The lowest BCUT2D eigenvalue weighted by Crippen LogP contribution is -2.36. The van der Waals surface area contributed by atoms with Crippen molar-refractivity contribution in [2.75, 3.05) is 24.1 Å². The third-order valence-corrected chi connectivity index (χ3v) is 6.84. The van der Waals surface area contributed by atoms with Gasteiger partial charge >= 0.3 is 0 Å². The minimum atomic E-state index is -4.02. The smallest absolute Gasteiger partial charge is 0.271 e. The Hall–Kier alpha value is -2.59. The van der Waals surface area contributed by atoms with Gasteiger partial charge in [-0.3, -0.25) is 19.6 Å². The van der Waals surface area contributed by atoms with Crippen molar-refractivity contribution in [3.05, 3.63) is 58.1 Å². The van der Waals surface area contributed by atoms with Crippen LogP contribution in [0.4, 0.5) is 11.4 Å². The maximum Gasteiger partial charge on any atom is 0.271 e. The number of piperidine rings is 1. The van der Waals surface area contributed by atoms with Crippen LogP contribution in [0.15, 0.2) is 52.3 Å². The number of carbonyl (C=O) groups excluding carboxylic acids is 1. The Kier molecular flexibility index (Phi) is 6.43. The standard InChI is InChI=1S/C19H21N3O5S2/c1-28-18-9-8-16(13-17(18)19(23)21-10-3-2-4-11-21)29(26,27)20-14-6-5-7-15(12-14)22(24)25/h5-9,12-13,20H,2-4,10-11H2,1H3. The van der Waals surface area contributed by atoms with Gasteiger partial charge in [0.25, 0.3) is 21.6 Å². The first-order valence-corrected chi connectivity index (χ1v) is 11.8. The number of nitro groups is 1. The van der Waals surface area contributed by atoms with Gasteiger partial charge in [-0.05, 0) is 49.8 Å². The molecule has 1 N–H and O–H groups in total. The van der Waals surface area contributed by atoms with E-state index in [2.05, 4.69) is 4.72 Å². The van der Waals surface area contributed by atoms with Crippen molar-refractivity contribution in [3.8, 4) is 0 Å². The minimum absolute atomic E-state index is 0.0674. The number of non-ortho nitro benzene ring substituents is 1. The van der Waals surface area contributed by atoms with Gasteiger partial charge in [-0.2, -0.15) is 0 Å². The van der Waals surface area contributed by atoms with Crippen LogP contribution in [0, 0.1) is 10.1 Å². The third-order valence-electron chi connectivity index (χ3n) is 4.66. The zero-order chi connectivity index (χ0) is 21.0. The van der Waals surface area contributed by atoms with E-state index in [1.54, 1.807) is 11.0 Å². The van der Waals surface area contributed by atoms with E-state index in [1.807, 2.05) is 6.26 Å². The molecule has 154 valence electrons. The van der Waals surface area contributed by atoms with Gasteiger partial charge in [0, 0.05) is 30.1 Å². The number of nitrogens with one attached hydrogen (secondary N) is 1. The number of nitro benzene ring substituents is 1. The highest BCUT2D eigenvalue weighted by Crippen LogP contribution is 2.27. The molecule has 0 aromatic heterocycles. The zero-order valence-corrected chi connectivity index (χ0v) is 17.5. The molecule has 2 aromatic rings. The summed E-state index contributed by atoms with van der Waals surface area (Å²) in [6.07, 6.45) is 4.79. The lowest BCUT2D eigenvalue weighted by atomic mass is 10.1. The molecule has 0 unspecified atom stereocenters. The highest BCUT2D eigenvalue weighted by molar-refractivity contribution is 7.98. The van der Waals surface area contributed by atoms with E-state index in [0.29, 0.717) is 23.5 Å². The van der Waals surface area contributed by atoms with Crippen molar-refractivity contribution in [3.63, 3.8) is 0 Å². The highest BCUT2D eigenvalue weighted by atomic mass is 32.2. The Morgan fingerprint density at radius 1 is 1.14 bits per heavy atom. The van der Waals surface area contributed by atoms with Gasteiger partial charge < -0.3 is 4.90 Å². The average Bonchev–Trinajstić information content (AvgIpc) is 2.73. The first-order valence-electron chi connectivity index (χ1n) is 9.06. The van der Waals surface area contributed by atoms with E-state index >= 15 is 0 Å². The van der Waals surface area contributed by atoms with Gasteiger partial charge in [-0.25, -0.2) is 8.42 Å². The number of hydrogen-bond acceptors (Lipinski definition) is 6. The number of likely N-dealkylation sites (tertiary alicyclic amines) is 1. The van der Waals surface area contributed by atoms with Crippen LogP contribution in [0.2, 0.25) is 0 Å². The summed E-state index contributed by atoms with van der Waals surface area (Å²) in [5, 5.41) is 10.9. The van der Waals surface area contributed by atoms with Crippen molar-refractivity contribution >= 4 is 39.1 Å². The Morgan fingerprint density at radius 2 is 1.86 bits per heavy atom. The van der Waals surface area contributed by atoms with Gasteiger partial charge in [-0.15, -0.1) is 11.8 Å². The van der Waals surface area contributed by atoms with Crippen LogP contribution in [-0.4, -0.2) is 43.5 Å². The number of anilines is 1. The summed E-state index contributed by atoms with van der Waals surface area (Å²) in [5.41, 5.74) is 0.210. The number of amides is 1. The number of rotatable bonds is 6. The maximum absolute atomic E-state index is 13.0. The number of sulfonamides is 1. The summed E-state index contributed by atoms with van der Waals surface area (Å²) in [4.78, 5) is 25.7. The molecule has 1 fully saturated rings. The van der Waals surface area contributed by atoms with Crippen molar-refractivity contribution in [2.24, 2.45) is 0 Å². The van der Waals surface area contributed by atoms with E-state index in [0.717, 1.165) is 25.3 Å². The van der Waals surface area contributed by atoms with E-state index in [4.69, 9.17) is 0 Å². The molecule has 3 rings (SSSR count). The van der Waals surface area contributed by atoms with Gasteiger partial charge in [0.15, 0.2) is 0 Å². The van der Waals surface area contributed by atoms with E-state index in [1.165, 1.54) is 42.1 Å². The SMILES string of the molecule is CSc1ccc(S(=O)(=O)Nc2cccc([N+](=O)[O-])c2)cc1C(=O)N1CCCCC1. The van der Waals surface area contributed by atoms with Gasteiger partial charge in [0.1, 0.15) is 0 Å². The number of benzene rings is 2. The topological polar surface area (TPSA) is 110 Å². The molecule has 2 aromatic carbocycles. The molecule has 1 aliphatic rings. The Balaban J connectivity index is 1.92. The van der Waals surface area contributed by atoms with E-state index in [-0.39, 0.29) is 22.2 Å². The third kappa shape index (κ3) is 4.88. The Labute approximate surface area is 173 Å². The molecule has 0 aliphatic carbocycles. The fourth-order valence-corrected chi connectivity index (χ4v) is 4.83. The van der Waals surface area contributed by atoms with E-state index in [9.17, 15) is 23.3 Å². The summed E-state index contributed by atoms with van der Waals surface area (Å²) in [7, 11) is -4.02. The molecule has 1 amide bonds. The molecule has 10 heteroatoms. The summed E-state index contributed by atoms with van der Waals surface area (Å²) < 4.78 is 28.0. The summed E-state index contributed by atoms with van der Waals surface area (Å²) >= 11 is 1.38. The first kappa shape index (κ1) is 21.1. The summed E-state index contributed by atoms with van der Waals surface area (Å²) in [5.74, 6) is -0.179. The molecule has 0 bridgehead atoms. The molecule has 1 aliphatic heterocycles. The van der Waals surface area contributed by atoms with Crippen LogP contribution in [-0.2, 0) is 10.0 Å². The average molecular weight is 436 g/mol. The molecule has 29 heavy (non-hydrogen) atoms. The van der Waals surface area contributed by atoms with Gasteiger partial charge in [0.2, 0.25) is 0 Å². The Bertz CT molecular complexity index is 1030. The van der Waals surface area contributed by atoms with Crippen molar-refractivity contribution in [1.29, 1.82) is 0 Å². The molecule has 1 saturated heterocycles. The van der Waals surface area contributed by atoms with Crippen LogP contribution >= 0.6 is 11.8 Å². The fraction of sp³-hybridized carbons (Fsp3) is 0.316. The number of hydrogen-bond donors (Lipinski definition) is 1. The summed E-state index contributed by atoms with van der Waals surface area (Å²) in [6, 6.07) is 9.68. The van der Waals surface area contributed by atoms with Crippen molar-refractivity contribution < 1.29 is 18.1 Å².